The second-order valence-electron chi connectivity index (χ2n) is 8.52. The molecule has 0 radical (unpaired) electrons. The molecule has 9 heteroatoms. The molecule has 9 nitrogen and oxygen atoms in total. The van der Waals surface area contributed by atoms with Crippen molar-refractivity contribution in [2.24, 2.45) is 0 Å². The number of carbonyl (C=O) groups is 2. The SMILES string of the molecule is Cc1ccc(C(O)=C2C(=O)C(=O)N(CCCN3CCOCC3)[C@@H]2c2cccc([N+](=O)[O-])c2)cc1. The van der Waals surface area contributed by atoms with Crippen LogP contribution in [0.4, 0.5) is 5.69 Å². The molecule has 2 fully saturated rings. The molecule has 0 unspecified atom stereocenters. The topological polar surface area (TPSA) is 113 Å². The van der Waals surface area contributed by atoms with Crippen LogP contribution in [0.25, 0.3) is 5.76 Å². The molecule has 0 spiro atoms. The smallest absolute Gasteiger partial charge is 0.295 e. The number of aryl methyl sites for hydroxylation is 1. The molecule has 2 aliphatic rings. The molecule has 2 heterocycles. The predicted octanol–water partition coefficient (Wildman–Crippen LogP) is 3.05. The number of aliphatic hydroxyl groups excluding tert-OH is 1. The third kappa shape index (κ3) is 4.85. The first-order valence-electron chi connectivity index (χ1n) is 11.3. The third-order valence-electron chi connectivity index (χ3n) is 6.24. The minimum absolute atomic E-state index is 0.0549. The summed E-state index contributed by atoms with van der Waals surface area (Å²) in [5.74, 6) is -1.79. The maximum absolute atomic E-state index is 13.1. The number of Topliss-reactive ketones (excluding diaryl/α,β-unsaturated/α-hetero) is 1. The zero-order chi connectivity index (χ0) is 24.2. The summed E-state index contributed by atoms with van der Waals surface area (Å²) in [4.78, 5) is 40.7. The van der Waals surface area contributed by atoms with Crippen molar-refractivity contribution < 1.29 is 24.4 Å². The van der Waals surface area contributed by atoms with Crippen molar-refractivity contribution in [3.63, 3.8) is 0 Å². The van der Waals surface area contributed by atoms with E-state index in [1.165, 1.54) is 23.1 Å². The lowest BCUT2D eigenvalue weighted by Crippen LogP contribution is -2.39. The Labute approximate surface area is 197 Å². The van der Waals surface area contributed by atoms with Gasteiger partial charge >= 0.3 is 0 Å². The molecule has 34 heavy (non-hydrogen) atoms. The Balaban J connectivity index is 1.70. The van der Waals surface area contributed by atoms with Crippen LogP contribution in [0, 0.1) is 17.0 Å². The minimum Gasteiger partial charge on any atom is -0.507 e. The van der Waals surface area contributed by atoms with Crippen LogP contribution in [0.3, 0.4) is 0 Å². The maximum atomic E-state index is 13.1. The van der Waals surface area contributed by atoms with Crippen LogP contribution in [0.5, 0.6) is 0 Å². The predicted molar refractivity (Wildman–Crippen MR) is 125 cm³/mol. The van der Waals surface area contributed by atoms with E-state index in [-0.39, 0.29) is 23.6 Å². The number of morpholine rings is 1. The number of nitrogens with zero attached hydrogens (tertiary/aromatic N) is 3. The quantitative estimate of drug-likeness (QED) is 0.220. The highest BCUT2D eigenvalue weighted by atomic mass is 16.6. The highest BCUT2D eigenvalue weighted by Crippen LogP contribution is 2.40. The van der Waals surface area contributed by atoms with E-state index in [0.717, 1.165) is 25.2 Å². The Kier molecular flexibility index (Phi) is 7.04. The van der Waals surface area contributed by atoms with Gasteiger partial charge in [0.1, 0.15) is 5.76 Å². The molecule has 2 saturated heterocycles. The van der Waals surface area contributed by atoms with Crippen LogP contribution in [0.1, 0.15) is 29.2 Å². The molecule has 178 valence electrons. The van der Waals surface area contributed by atoms with Gasteiger partial charge in [0.2, 0.25) is 0 Å². The second kappa shape index (κ2) is 10.1. The van der Waals surface area contributed by atoms with Crippen LogP contribution in [0.15, 0.2) is 54.1 Å². The largest absolute Gasteiger partial charge is 0.507 e. The number of hydrogen-bond acceptors (Lipinski definition) is 7. The van der Waals surface area contributed by atoms with Crippen molar-refractivity contribution in [1.29, 1.82) is 0 Å². The van der Waals surface area contributed by atoms with E-state index in [1.54, 1.807) is 30.3 Å². The minimum atomic E-state index is -0.911. The number of aliphatic hydroxyl groups is 1. The lowest BCUT2D eigenvalue weighted by atomic mass is 9.94. The summed E-state index contributed by atoms with van der Waals surface area (Å²) in [5, 5.41) is 22.5. The lowest BCUT2D eigenvalue weighted by molar-refractivity contribution is -0.384. The van der Waals surface area contributed by atoms with Gasteiger partial charge in [0.05, 0.1) is 29.8 Å². The number of likely N-dealkylation sites (tertiary alicyclic amines) is 1. The standard InChI is InChI=1S/C25H27N3O6/c1-17-6-8-18(9-7-17)23(29)21-22(19-4-2-5-20(16-19)28(32)33)27(25(31)24(21)30)11-3-10-26-12-14-34-15-13-26/h2,4-9,16,22,29H,3,10-15H2,1H3/t22-/m1/s1. The van der Waals surface area contributed by atoms with Gasteiger partial charge in [-0.2, -0.15) is 0 Å². The summed E-state index contributed by atoms with van der Waals surface area (Å²) < 4.78 is 5.37. The van der Waals surface area contributed by atoms with Crippen molar-refractivity contribution in [1.82, 2.24) is 9.80 Å². The first-order chi connectivity index (χ1) is 16.4. The highest BCUT2D eigenvalue weighted by molar-refractivity contribution is 6.46. The van der Waals surface area contributed by atoms with Crippen LogP contribution in [0.2, 0.25) is 0 Å². The van der Waals surface area contributed by atoms with E-state index >= 15 is 0 Å². The number of benzene rings is 2. The van der Waals surface area contributed by atoms with Crippen molar-refractivity contribution in [3.05, 3.63) is 80.9 Å². The van der Waals surface area contributed by atoms with E-state index in [1.807, 2.05) is 6.92 Å². The van der Waals surface area contributed by atoms with Gasteiger partial charge in [-0.1, -0.05) is 42.0 Å². The molecule has 0 saturated carbocycles. The second-order valence-corrected chi connectivity index (χ2v) is 8.52. The van der Waals surface area contributed by atoms with Crippen LogP contribution < -0.4 is 0 Å². The fourth-order valence-corrected chi connectivity index (χ4v) is 4.42. The van der Waals surface area contributed by atoms with Crippen LogP contribution in [-0.2, 0) is 14.3 Å². The Bertz CT molecular complexity index is 1120. The van der Waals surface area contributed by atoms with Gasteiger partial charge < -0.3 is 14.7 Å². The molecule has 4 rings (SSSR count). The van der Waals surface area contributed by atoms with Gasteiger partial charge in [0.25, 0.3) is 17.4 Å². The number of carbonyl (C=O) groups excluding carboxylic acids is 2. The van der Waals surface area contributed by atoms with E-state index < -0.39 is 22.7 Å². The van der Waals surface area contributed by atoms with E-state index in [2.05, 4.69) is 4.90 Å². The molecule has 0 aliphatic carbocycles. The summed E-state index contributed by atoms with van der Waals surface area (Å²) in [6.45, 7) is 5.84. The maximum Gasteiger partial charge on any atom is 0.295 e. The van der Waals surface area contributed by atoms with Gasteiger partial charge in [-0.25, -0.2) is 0 Å². The lowest BCUT2D eigenvalue weighted by Gasteiger charge is -2.29. The van der Waals surface area contributed by atoms with Crippen LogP contribution >= 0.6 is 0 Å². The summed E-state index contributed by atoms with van der Waals surface area (Å²) in [7, 11) is 0. The van der Waals surface area contributed by atoms with E-state index in [9.17, 15) is 24.8 Å². The number of nitro benzene ring substituents is 1. The number of non-ortho nitro benzene ring substituents is 1. The molecule has 2 aliphatic heterocycles. The third-order valence-corrected chi connectivity index (χ3v) is 6.24. The van der Waals surface area contributed by atoms with E-state index in [4.69, 9.17) is 4.74 Å². The molecule has 2 aromatic rings. The van der Waals surface area contributed by atoms with Crippen molar-refractivity contribution in [3.8, 4) is 0 Å². The summed E-state index contributed by atoms with van der Waals surface area (Å²) >= 11 is 0. The molecule has 1 amide bonds. The number of amides is 1. The Hall–Kier alpha value is -3.56. The molecule has 1 atom stereocenters. The summed E-state index contributed by atoms with van der Waals surface area (Å²) in [6.07, 6.45) is 0.614. The zero-order valence-corrected chi connectivity index (χ0v) is 19.0. The molecular formula is C25H27N3O6. The highest BCUT2D eigenvalue weighted by Gasteiger charge is 2.46. The molecule has 1 N–H and O–H groups in total. The van der Waals surface area contributed by atoms with Crippen molar-refractivity contribution in [2.75, 3.05) is 39.4 Å². The van der Waals surface area contributed by atoms with Gasteiger partial charge in [-0.05, 0) is 18.9 Å². The monoisotopic (exact) mass is 465 g/mol. The number of hydrogen-bond donors (Lipinski definition) is 1. The van der Waals surface area contributed by atoms with Crippen molar-refractivity contribution >= 4 is 23.1 Å². The molecule has 0 aromatic heterocycles. The number of ketones is 1. The fourth-order valence-electron chi connectivity index (χ4n) is 4.42. The van der Waals surface area contributed by atoms with Gasteiger partial charge in [-0.3, -0.25) is 24.6 Å². The zero-order valence-electron chi connectivity index (χ0n) is 19.0. The Morgan fingerprint density at radius 2 is 1.82 bits per heavy atom. The molecule has 2 aromatic carbocycles. The Morgan fingerprint density at radius 1 is 1.12 bits per heavy atom. The normalized spacial score (nSPS) is 20.6. The van der Waals surface area contributed by atoms with Crippen molar-refractivity contribution in [2.45, 2.75) is 19.4 Å². The summed E-state index contributed by atoms with van der Waals surface area (Å²) in [5.41, 5.74) is 1.60. The van der Waals surface area contributed by atoms with Gasteiger partial charge in [0, 0.05) is 43.9 Å². The van der Waals surface area contributed by atoms with Gasteiger partial charge in [-0.15, -0.1) is 0 Å². The van der Waals surface area contributed by atoms with Gasteiger partial charge in [0.15, 0.2) is 0 Å². The molecular weight excluding hydrogens is 438 g/mol. The first-order valence-corrected chi connectivity index (χ1v) is 11.3. The Morgan fingerprint density at radius 3 is 2.50 bits per heavy atom. The average molecular weight is 466 g/mol. The fraction of sp³-hybridized carbons (Fsp3) is 0.360. The molecule has 0 bridgehead atoms. The number of rotatable bonds is 7. The summed E-state index contributed by atoms with van der Waals surface area (Å²) in [6, 6.07) is 11.9. The first kappa shape index (κ1) is 23.6. The van der Waals surface area contributed by atoms with E-state index in [0.29, 0.717) is 30.8 Å². The average Bonchev–Trinajstić information content (AvgIpc) is 3.10. The number of ether oxygens (including phenoxy) is 1. The van der Waals surface area contributed by atoms with Crippen LogP contribution in [-0.4, -0.2) is 70.9 Å². The number of nitro groups is 1.